The highest BCUT2D eigenvalue weighted by Gasteiger charge is 2.14. The van der Waals surface area contributed by atoms with Crippen LogP contribution in [0.5, 0.6) is 0 Å². The van der Waals surface area contributed by atoms with Crippen LogP contribution in [0.4, 0.5) is 5.69 Å². The van der Waals surface area contributed by atoms with Gasteiger partial charge in [0.05, 0.1) is 11.0 Å². The van der Waals surface area contributed by atoms with Gasteiger partial charge >= 0.3 is 0 Å². The van der Waals surface area contributed by atoms with Gasteiger partial charge in [0, 0.05) is 5.69 Å². The summed E-state index contributed by atoms with van der Waals surface area (Å²) >= 11 is 0. The van der Waals surface area contributed by atoms with Gasteiger partial charge in [0.15, 0.2) is 0 Å². The van der Waals surface area contributed by atoms with Crippen molar-refractivity contribution in [2.45, 2.75) is 13.5 Å². The monoisotopic (exact) mass is 333 g/mol. The number of benzene rings is 2. The smallest absolute Gasteiger partial charge is 0.297 e. The Morgan fingerprint density at radius 3 is 2.72 bits per heavy atom. The van der Waals surface area contributed by atoms with E-state index in [2.05, 4.69) is 15.5 Å². The molecule has 124 valence electrons. The molecule has 0 aliphatic rings. The first kappa shape index (κ1) is 15.1. The van der Waals surface area contributed by atoms with Crippen LogP contribution in [-0.2, 0) is 11.3 Å². The van der Waals surface area contributed by atoms with Crippen LogP contribution >= 0.6 is 0 Å². The summed E-state index contributed by atoms with van der Waals surface area (Å²) in [6.07, 6.45) is 1.50. The Hall–Kier alpha value is -3.48. The number of hydrogen-bond donors (Lipinski definition) is 1. The molecule has 7 heteroatoms. The molecule has 0 radical (unpaired) electrons. The predicted octanol–water partition coefficient (Wildman–Crippen LogP) is 1.99. The second-order valence-electron chi connectivity index (χ2n) is 5.82. The van der Waals surface area contributed by atoms with Crippen LogP contribution in [0.3, 0.4) is 0 Å². The van der Waals surface area contributed by atoms with Gasteiger partial charge in [-0.2, -0.15) is 0 Å². The topological polar surface area (TPSA) is 81.3 Å². The van der Waals surface area contributed by atoms with E-state index in [0.29, 0.717) is 11.2 Å². The van der Waals surface area contributed by atoms with E-state index >= 15 is 0 Å². The average Bonchev–Trinajstić information content (AvgIpc) is 3.09. The highest BCUT2D eigenvalue weighted by atomic mass is 16.2. The summed E-state index contributed by atoms with van der Waals surface area (Å²) in [5.41, 5.74) is 3.01. The van der Waals surface area contributed by atoms with E-state index in [1.807, 2.05) is 49.4 Å². The van der Waals surface area contributed by atoms with E-state index in [0.717, 1.165) is 11.1 Å². The molecule has 1 N–H and O–H groups in total. The molecule has 0 saturated heterocycles. The lowest BCUT2D eigenvalue weighted by atomic mass is 10.2. The standard InChI is InChI=1S/C18H15N5O2/c1-12-5-4-6-13(9-12)20-16(24)10-22-14-7-2-3-8-15(14)23-11-19-21-17(23)18(22)25/h2-9,11H,10H2,1H3,(H,20,24). The summed E-state index contributed by atoms with van der Waals surface area (Å²) in [5.74, 6) is -0.276. The fourth-order valence-corrected chi connectivity index (χ4v) is 2.91. The van der Waals surface area contributed by atoms with Gasteiger partial charge in [-0.25, -0.2) is 0 Å². The van der Waals surface area contributed by atoms with Crippen molar-refractivity contribution >= 4 is 28.3 Å². The van der Waals surface area contributed by atoms with Crippen molar-refractivity contribution in [3.05, 3.63) is 70.8 Å². The molecule has 1 amide bonds. The molecule has 2 aromatic carbocycles. The van der Waals surface area contributed by atoms with Gasteiger partial charge < -0.3 is 5.32 Å². The van der Waals surface area contributed by atoms with Crippen molar-refractivity contribution in [1.82, 2.24) is 19.2 Å². The third-order valence-corrected chi connectivity index (χ3v) is 4.02. The zero-order valence-electron chi connectivity index (χ0n) is 13.5. The average molecular weight is 333 g/mol. The lowest BCUT2D eigenvalue weighted by molar-refractivity contribution is -0.116. The third-order valence-electron chi connectivity index (χ3n) is 4.02. The van der Waals surface area contributed by atoms with E-state index in [1.165, 1.54) is 10.9 Å². The van der Waals surface area contributed by atoms with Gasteiger partial charge in [0.2, 0.25) is 11.6 Å². The van der Waals surface area contributed by atoms with Crippen LogP contribution in [0.1, 0.15) is 5.56 Å². The van der Waals surface area contributed by atoms with Crippen LogP contribution in [0.2, 0.25) is 0 Å². The van der Waals surface area contributed by atoms with Gasteiger partial charge in [-0.3, -0.25) is 18.6 Å². The van der Waals surface area contributed by atoms with Gasteiger partial charge in [-0.15, -0.1) is 10.2 Å². The Kier molecular flexibility index (Phi) is 3.53. The molecule has 4 rings (SSSR count). The number of hydrogen-bond acceptors (Lipinski definition) is 4. The molecule has 25 heavy (non-hydrogen) atoms. The van der Waals surface area contributed by atoms with Gasteiger partial charge in [-0.05, 0) is 36.8 Å². The molecule has 0 atom stereocenters. The minimum Gasteiger partial charge on any atom is -0.325 e. The number of fused-ring (bicyclic) bond motifs is 3. The first-order chi connectivity index (χ1) is 12.1. The molecule has 0 aliphatic heterocycles. The Bertz CT molecular complexity index is 1160. The molecular weight excluding hydrogens is 318 g/mol. The Morgan fingerprint density at radius 2 is 1.92 bits per heavy atom. The predicted molar refractivity (Wildman–Crippen MR) is 94.6 cm³/mol. The number of nitrogens with zero attached hydrogens (tertiary/aromatic N) is 4. The lowest BCUT2D eigenvalue weighted by Gasteiger charge is -2.12. The minimum atomic E-state index is -0.351. The normalized spacial score (nSPS) is 11.1. The Morgan fingerprint density at radius 1 is 1.12 bits per heavy atom. The van der Waals surface area contributed by atoms with Crippen molar-refractivity contribution in [2.75, 3.05) is 5.32 Å². The van der Waals surface area contributed by atoms with E-state index in [-0.39, 0.29) is 23.7 Å². The number of para-hydroxylation sites is 2. The summed E-state index contributed by atoms with van der Waals surface area (Å²) in [4.78, 5) is 25.2. The fourth-order valence-electron chi connectivity index (χ4n) is 2.91. The lowest BCUT2D eigenvalue weighted by Crippen LogP contribution is -2.29. The van der Waals surface area contributed by atoms with Crippen molar-refractivity contribution in [1.29, 1.82) is 0 Å². The highest BCUT2D eigenvalue weighted by Crippen LogP contribution is 2.14. The Labute approximate surface area is 142 Å². The number of rotatable bonds is 3. The second kappa shape index (κ2) is 5.86. The second-order valence-corrected chi connectivity index (χ2v) is 5.82. The number of aromatic nitrogens is 4. The molecule has 0 bridgehead atoms. The zero-order valence-corrected chi connectivity index (χ0v) is 13.5. The molecule has 0 unspecified atom stereocenters. The van der Waals surface area contributed by atoms with Crippen molar-refractivity contribution in [3.63, 3.8) is 0 Å². The summed E-state index contributed by atoms with van der Waals surface area (Å²) in [6.45, 7) is 1.85. The quantitative estimate of drug-likeness (QED) is 0.622. The number of nitrogens with one attached hydrogen (secondary N) is 1. The third kappa shape index (κ3) is 2.65. The van der Waals surface area contributed by atoms with Crippen LogP contribution < -0.4 is 10.9 Å². The van der Waals surface area contributed by atoms with Gasteiger partial charge in [-0.1, -0.05) is 24.3 Å². The van der Waals surface area contributed by atoms with E-state index in [4.69, 9.17) is 0 Å². The number of carbonyl (C=O) groups is 1. The number of carbonyl (C=O) groups excluding carboxylic acids is 1. The molecule has 0 aliphatic carbocycles. The summed E-state index contributed by atoms with van der Waals surface area (Å²) < 4.78 is 3.05. The van der Waals surface area contributed by atoms with Crippen molar-refractivity contribution in [2.24, 2.45) is 0 Å². The highest BCUT2D eigenvalue weighted by molar-refractivity contribution is 5.91. The number of amides is 1. The van der Waals surface area contributed by atoms with Crippen molar-refractivity contribution in [3.8, 4) is 0 Å². The van der Waals surface area contributed by atoms with Gasteiger partial charge in [0.25, 0.3) is 5.56 Å². The Balaban J connectivity index is 1.76. The van der Waals surface area contributed by atoms with E-state index in [1.54, 1.807) is 10.5 Å². The maximum Gasteiger partial charge on any atom is 0.297 e. The first-order valence-corrected chi connectivity index (χ1v) is 7.81. The number of aryl methyl sites for hydroxylation is 1. The minimum absolute atomic E-state index is 0.101. The molecular formula is C18H15N5O2. The van der Waals surface area contributed by atoms with Crippen molar-refractivity contribution < 1.29 is 4.79 Å². The molecule has 4 aromatic rings. The fraction of sp³-hybridized carbons (Fsp3) is 0.111. The van der Waals surface area contributed by atoms with Crippen LogP contribution in [0.25, 0.3) is 16.7 Å². The maximum atomic E-state index is 12.7. The largest absolute Gasteiger partial charge is 0.325 e. The summed E-state index contributed by atoms with van der Waals surface area (Å²) in [7, 11) is 0. The van der Waals surface area contributed by atoms with E-state index < -0.39 is 0 Å². The SMILES string of the molecule is Cc1cccc(NC(=O)Cn2c(=O)c3nncn3c3ccccc32)c1. The molecule has 0 spiro atoms. The summed E-state index contributed by atoms with van der Waals surface area (Å²) in [5, 5.41) is 10.5. The molecule has 7 nitrogen and oxygen atoms in total. The van der Waals surface area contributed by atoms with Crippen LogP contribution in [-0.4, -0.2) is 25.1 Å². The van der Waals surface area contributed by atoms with Crippen LogP contribution in [0.15, 0.2) is 59.7 Å². The van der Waals surface area contributed by atoms with Crippen LogP contribution in [0, 0.1) is 6.92 Å². The summed E-state index contributed by atoms with van der Waals surface area (Å²) in [6, 6.07) is 14.9. The number of anilines is 1. The maximum absolute atomic E-state index is 12.7. The molecule has 2 aromatic heterocycles. The molecule has 2 heterocycles. The van der Waals surface area contributed by atoms with Gasteiger partial charge in [0.1, 0.15) is 12.9 Å². The first-order valence-electron chi connectivity index (χ1n) is 7.81. The van der Waals surface area contributed by atoms with E-state index in [9.17, 15) is 9.59 Å². The zero-order chi connectivity index (χ0) is 17.4. The molecule has 0 fully saturated rings. The molecule has 0 saturated carbocycles.